The molecule has 0 saturated heterocycles. The third-order valence-corrected chi connectivity index (χ3v) is 4.34. The smallest absolute Gasteiger partial charge is 0.224 e. The van der Waals surface area contributed by atoms with Gasteiger partial charge in [-0.25, -0.2) is 0 Å². The molecular formula is C18H25NO3. The first-order chi connectivity index (χ1) is 10.5. The normalized spacial score (nSPS) is 21.2. The van der Waals surface area contributed by atoms with Crippen LogP contribution in [0.5, 0.6) is 5.75 Å². The number of benzene rings is 1. The first-order valence-corrected chi connectivity index (χ1v) is 7.96. The van der Waals surface area contributed by atoms with E-state index in [0.29, 0.717) is 17.2 Å². The van der Waals surface area contributed by atoms with E-state index in [2.05, 4.69) is 12.2 Å². The Labute approximate surface area is 132 Å². The van der Waals surface area contributed by atoms with Gasteiger partial charge in [0.05, 0.1) is 13.5 Å². The molecule has 2 unspecified atom stereocenters. The number of hydrogen-bond acceptors (Lipinski definition) is 3. The van der Waals surface area contributed by atoms with Gasteiger partial charge in [0.2, 0.25) is 5.91 Å². The highest BCUT2D eigenvalue weighted by molar-refractivity contribution is 5.94. The zero-order valence-corrected chi connectivity index (χ0v) is 13.6. The van der Waals surface area contributed by atoms with Gasteiger partial charge in [-0.05, 0) is 43.9 Å². The number of rotatable bonds is 5. The molecule has 1 fully saturated rings. The van der Waals surface area contributed by atoms with E-state index in [1.54, 1.807) is 25.3 Å². The quantitative estimate of drug-likeness (QED) is 0.850. The van der Waals surface area contributed by atoms with Crippen LogP contribution in [0, 0.1) is 5.92 Å². The summed E-state index contributed by atoms with van der Waals surface area (Å²) in [6.07, 6.45) is 4.78. The lowest BCUT2D eigenvalue weighted by Gasteiger charge is -2.27. The number of methoxy groups -OCH3 is 1. The molecule has 1 aromatic rings. The Morgan fingerprint density at radius 2 is 2.09 bits per heavy atom. The Hall–Kier alpha value is -1.84. The van der Waals surface area contributed by atoms with Crippen LogP contribution in [0.25, 0.3) is 0 Å². The fourth-order valence-electron chi connectivity index (χ4n) is 3.15. The number of carbonyl (C=O) groups is 2. The van der Waals surface area contributed by atoms with Crippen molar-refractivity contribution in [2.24, 2.45) is 5.92 Å². The summed E-state index contributed by atoms with van der Waals surface area (Å²) >= 11 is 0. The van der Waals surface area contributed by atoms with Gasteiger partial charge >= 0.3 is 0 Å². The number of carbonyl (C=O) groups excluding carboxylic acids is 2. The minimum Gasteiger partial charge on any atom is -0.496 e. The molecule has 4 heteroatoms. The predicted octanol–water partition coefficient (Wildman–Crippen LogP) is 3.14. The Morgan fingerprint density at radius 1 is 1.32 bits per heavy atom. The molecule has 1 aliphatic carbocycles. The summed E-state index contributed by atoms with van der Waals surface area (Å²) in [4.78, 5) is 23.8. The molecule has 4 nitrogen and oxygen atoms in total. The van der Waals surface area contributed by atoms with Gasteiger partial charge in [0.25, 0.3) is 0 Å². The summed E-state index contributed by atoms with van der Waals surface area (Å²) in [7, 11) is 1.58. The SMILES string of the molecule is COc1ccc(C(C)=O)cc1CC(=O)NC1CCCC(C)C1. The second-order valence-corrected chi connectivity index (χ2v) is 6.30. The highest BCUT2D eigenvalue weighted by atomic mass is 16.5. The molecule has 1 saturated carbocycles. The maximum atomic E-state index is 12.3. The molecule has 0 spiro atoms. The molecule has 2 atom stereocenters. The number of ether oxygens (including phenoxy) is 1. The van der Waals surface area contributed by atoms with Crippen LogP contribution in [0.15, 0.2) is 18.2 Å². The van der Waals surface area contributed by atoms with E-state index < -0.39 is 0 Å². The maximum Gasteiger partial charge on any atom is 0.224 e. The molecular weight excluding hydrogens is 278 g/mol. The van der Waals surface area contributed by atoms with E-state index in [9.17, 15) is 9.59 Å². The van der Waals surface area contributed by atoms with Crippen molar-refractivity contribution in [3.63, 3.8) is 0 Å². The number of Topliss-reactive ketones (excluding diaryl/α,β-unsaturated/α-hetero) is 1. The molecule has 1 amide bonds. The molecule has 1 N–H and O–H groups in total. The molecule has 0 heterocycles. The predicted molar refractivity (Wildman–Crippen MR) is 86.3 cm³/mol. The zero-order valence-electron chi connectivity index (χ0n) is 13.6. The van der Waals surface area contributed by atoms with Crippen molar-refractivity contribution in [3.05, 3.63) is 29.3 Å². The van der Waals surface area contributed by atoms with E-state index in [1.807, 2.05) is 0 Å². The van der Waals surface area contributed by atoms with Crippen molar-refractivity contribution < 1.29 is 14.3 Å². The summed E-state index contributed by atoms with van der Waals surface area (Å²) in [5.74, 6) is 1.32. The lowest BCUT2D eigenvalue weighted by atomic mass is 9.87. The fraction of sp³-hybridized carbons (Fsp3) is 0.556. The first kappa shape index (κ1) is 16.5. The third-order valence-electron chi connectivity index (χ3n) is 4.34. The molecule has 0 bridgehead atoms. The van der Waals surface area contributed by atoms with Crippen molar-refractivity contribution in [1.29, 1.82) is 0 Å². The zero-order chi connectivity index (χ0) is 16.1. The van der Waals surface area contributed by atoms with Gasteiger partial charge in [-0.2, -0.15) is 0 Å². The summed E-state index contributed by atoms with van der Waals surface area (Å²) in [6.45, 7) is 3.76. The van der Waals surface area contributed by atoms with E-state index in [0.717, 1.165) is 18.4 Å². The van der Waals surface area contributed by atoms with E-state index >= 15 is 0 Å². The lowest BCUT2D eigenvalue weighted by molar-refractivity contribution is -0.121. The topological polar surface area (TPSA) is 55.4 Å². The molecule has 2 rings (SSSR count). The highest BCUT2D eigenvalue weighted by Gasteiger charge is 2.21. The average Bonchev–Trinajstić information content (AvgIpc) is 2.47. The van der Waals surface area contributed by atoms with Crippen molar-refractivity contribution in [2.75, 3.05) is 7.11 Å². The molecule has 1 aromatic carbocycles. The Morgan fingerprint density at radius 3 is 2.73 bits per heavy atom. The van der Waals surface area contributed by atoms with E-state index in [1.165, 1.54) is 19.8 Å². The van der Waals surface area contributed by atoms with Gasteiger partial charge in [0.1, 0.15) is 5.75 Å². The first-order valence-electron chi connectivity index (χ1n) is 7.96. The van der Waals surface area contributed by atoms with E-state index in [4.69, 9.17) is 4.74 Å². The third kappa shape index (κ3) is 4.33. The van der Waals surface area contributed by atoms with Crippen molar-refractivity contribution >= 4 is 11.7 Å². The van der Waals surface area contributed by atoms with Crippen molar-refractivity contribution in [3.8, 4) is 5.75 Å². The summed E-state index contributed by atoms with van der Waals surface area (Å²) in [5, 5.41) is 3.12. The van der Waals surface area contributed by atoms with Crippen LogP contribution >= 0.6 is 0 Å². The lowest BCUT2D eigenvalue weighted by Crippen LogP contribution is -2.38. The molecule has 1 aliphatic rings. The van der Waals surface area contributed by atoms with Gasteiger partial charge in [0, 0.05) is 17.2 Å². The number of ketones is 1. The summed E-state index contributed by atoms with van der Waals surface area (Å²) in [5.41, 5.74) is 1.37. The van der Waals surface area contributed by atoms with E-state index in [-0.39, 0.29) is 24.2 Å². The standard InChI is InChI=1S/C18H25NO3/c1-12-5-4-6-16(9-12)19-18(21)11-15-10-14(13(2)20)7-8-17(15)22-3/h7-8,10,12,16H,4-6,9,11H2,1-3H3,(H,19,21). The molecule has 22 heavy (non-hydrogen) atoms. The number of amides is 1. The maximum absolute atomic E-state index is 12.3. The van der Waals surface area contributed by atoms with Gasteiger partial charge in [-0.15, -0.1) is 0 Å². The molecule has 0 radical (unpaired) electrons. The Bertz CT molecular complexity index is 553. The number of nitrogens with one attached hydrogen (secondary N) is 1. The minimum absolute atomic E-state index is 0.00176. The van der Waals surface area contributed by atoms with Crippen molar-refractivity contribution in [1.82, 2.24) is 5.32 Å². The number of hydrogen-bond donors (Lipinski definition) is 1. The molecule has 0 aliphatic heterocycles. The monoisotopic (exact) mass is 303 g/mol. The summed E-state index contributed by atoms with van der Waals surface area (Å²) < 4.78 is 5.30. The van der Waals surface area contributed by atoms with Crippen LogP contribution in [0.1, 0.15) is 55.5 Å². The van der Waals surface area contributed by atoms with Gasteiger partial charge in [0.15, 0.2) is 5.78 Å². The Balaban J connectivity index is 2.03. The summed E-state index contributed by atoms with van der Waals surface area (Å²) in [6, 6.07) is 5.51. The van der Waals surface area contributed by atoms with Gasteiger partial charge in [-0.3, -0.25) is 9.59 Å². The van der Waals surface area contributed by atoms with Crippen LogP contribution in [0.4, 0.5) is 0 Å². The second-order valence-electron chi connectivity index (χ2n) is 6.30. The van der Waals surface area contributed by atoms with Crippen LogP contribution in [0.2, 0.25) is 0 Å². The van der Waals surface area contributed by atoms with Gasteiger partial charge < -0.3 is 10.1 Å². The second kappa shape index (κ2) is 7.43. The van der Waals surface area contributed by atoms with Crippen molar-refractivity contribution in [2.45, 2.75) is 52.0 Å². The highest BCUT2D eigenvalue weighted by Crippen LogP contribution is 2.24. The largest absolute Gasteiger partial charge is 0.496 e. The van der Waals surface area contributed by atoms with Crippen LogP contribution in [0.3, 0.4) is 0 Å². The molecule has 0 aromatic heterocycles. The van der Waals surface area contributed by atoms with Gasteiger partial charge in [-0.1, -0.05) is 19.8 Å². The van der Waals surface area contributed by atoms with Crippen LogP contribution in [-0.2, 0) is 11.2 Å². The fourth-order valence-corrected chi connectivity index (χ4v) is 3.15. The molecule has 120 valence electrons. The van der Waals surface area contributed by atoms with Crippen LogP contribution < -0.4 is 10.1 Å². The average molecular weight is 303 g/mol. The minimum atomic E-state index is -0.00887. The Kier molecular flexibility index (Phi) is 5.58. The van der Waals surface area contributed by atoms with Crippen LogP contribution in [-0.4, -0.2) is 24.8 Å².